The van der Waals surface area contributed by atoms with Gasteiger partial charge in [-0.15, -0.1) is 0 Å². The topological polar surface area (TPSA) is 67.9 Å². The van der Waals surface area contributed by atoms with E-state index in [4.69, 9.17) is 21.1 Å². The lowest BCUT2D eigenvalue weighted by molar-refractivity contribution is -0.126. The van der Waals surface area contributed by atoms with E-state index in [1.165, 1.54) is 12.1 Å². The van der Waals surface area contributed by atoms with Crippen molar-refractivity contribution in [3.8, 4) is 5.75 Å². The summed E-state index contributed by atoms with van der Waals surface area (Å²) >= 11 is 6.17. The van der Waals surface area contributed by atoms with Crippen molar-refractivity contribution in [2.45, 2.75) is 19.4 Å². The monoisotopic (exact) mass is 418 g/mol. The van der Waals surface area contributed by atoms with Gasteiger partial charge in [0.25, 0.3) is 0 Å². The van der Waals surface area contributed by atoms with Crippen molar-refractivity contribution >= 4 is 29.1 Å². The first-order valence-electron chi connectivity index (χ1n) is 9.37. The van der Waals surface area contributed by atoms with Crippen LogP contribution in [0, 0.1) is 11.7 Å². The van der Waals surface area contributed by atoms with E-state index >= 15 is 0 Å². The van der Waals surface area contributed by atoms with Gasteiger partial charge in [0.1, 0.15) is 11.6 Å². The van der Waals surface area contributed by atoms with E-state index < -0.39 is 5.92 Å². The largest absolute Gasteiger partial charge is 0.467 e. The summed E-state index contributed by atoms with van der Waals surface area (Å²) in [7, 11) is 0. The Kier molecular flexibility index (Phi) is 5.69. The third-order valence-electron chi connectivity index (χ3n) is 5.08. The Bertz CT molecular complexity index is 952. The first-order valence-corrected chi connectivity index (χ1v) is 9.75. The summed E-state index contributed by atoms with van der Waals surface area (Å²) in [5.41, 5.74) is 1.96. The van der Waals surface area contributed by atoms with Crippen LogP contribution < -0.4 is 15.0 Å². The molecule has 1 atom stereocenters. The van der Waals surface area contributed by atoms with Gasteiger partial charge in [-0.3, -0.25) is 9.59 Å². The van der Waals surface area contributed by atoms with Gasteiger partial charge in [0.15, 0.2) is 6.79 Å². The van der Waals surface area contributed by atoms with Crippen LogP contribution in [-0.2, 0) is 27.4 Å². The zero-order valence-electron chi connectivity index (χ0n) is 15.6. The molecule has 0 saturated carbocycles. The van der Waals surface area contributed by atoms with Crippen LogP contribution in [0.15, 0.2) is 36.4 Å². The van der Waals surface area contributed by atoms with Crippen molar-refractivity contribution in [1.29, 1.82) is 0 Å². The number of carbonyl (C=O) groups excluding carboxylic acids is 2. The molecule has 152 valence electrons. The average Bonchev–Trinajstić information content (AvgIpc) is 3.09. The lowest BCUT2D eigenvalue weighted by atomic mass is 10.0. The first kappa shape index (κ1) is 19.7. The molecule has 0 unspecified atom stereocenters. The number of anilines is 1. The Hall–Kier alpha value is -2.64. The maximum Gasteiger partial charge on any atom is 0.227 e. The van der Waals surface area contributed by atoms with Gasteiger partial charge in [-0.05, 0) is 36.2 Å². The number of halogens is 2. The smallest absolute Gasteiger partial charge is 0.227 e. The Balaban J connectivity index is 1.36. The van der Waals surface area contributed by atoms with Gasteiger partial charge < -0.3 is 19.7 Å². The minimum atomic E-state index is -0.454. The molecule has 6 nitrogen and oxygen atoms in total. The first-order chi connectivity index (χ1) is 14.0. The Morgan fingerprint density at radius 2 is 2.14 bits per heavy atom. The van der Waals surface area contributed by atoms with Crippen molar-refractivity contribution in [2.24, 2.45) is 5.92 Å². The summed E-state index contributed by atoms with van der Waals surface area (Å²) in [6, 6.07) is 9.87. The Morgan fingerprint density at radius 1 is 1.31 bits per heavy atom. The molecular formula is C21H20ClFN2O4. The number of amides is 2. The maximum absolute atomic E-state index is 13.8. The standard InChI is InChI=1S/C21H20ClFN2O4/c22-17-3-1-2-4-18(17)25-10-14(9-19(25)26)21(27)24-6-5-13-7-16(23)8-15-11-28-12-29-20(13)15/h1-4,7-8,14H,5-6,9-12H2,(H,24,27)/t14-/m0/s1. The van der Waals surface area contributed by atoms with Crippen molar-refractivity contribution in [1.82, 2.24) is 5.32 Å². The highest BCUT2D eigenvalue weighted by molar-refractivity contribution is 6.33. The fourth-order valence-corrected chi connectivity index (χ4v) is 3.93. The SMILES string of the molecule is O=C(NCCc1cc(F)cc2c1OCOC2)[C@H]1CC(=O)N(c2ccccc2Cl)C1. The summed E-state index contributed by atoms with van der Waals surface area (Å²) < 4.78 is 24.5. The van der Waals surface area contributed by atoms with Crippen LogP contribution in [0.4, 0.5) is 10.1 Å². The Labute approximate surface area is 172 Å². The molecule has 0 radical (unpaired) electrons. The van der Waals surface area contributed by atoms with E-state index in [9.17, 15) is 14.0 Å². The normalized spacial score (nSPS) is 18.3. The van der Waals surface area contributed by atoms with E-state index in [1.807, 2.05) is 0 Å². The molecule has 2 aliphatic rings. The molecule has 2 aromatic rings. The number of carbonyl (C=O) groups is 2. The summed E-state index contributed by atoms with van der Waals surface area (Å²) in [6.45, 7) is 1.02. The van der Waals surface area contributed by atoms with Gasteiger partial charge in [0.2, 0.25) is 11.8 Å². The molecule has 0 bridgehead atoms. The summed E-state index contributed by atoms with van der Waals surface area (Å²) in [5.74, 6) is -0.540. The minimum Gasteiger partial charge on any atom is -0.467 e. The molecule has 2 aliphatic heterocycles. The highest BCUT2D eigenvalue weighted by Crippen LogP contribution is 2.31. The van der Waals surface area contributed by atoms with E-state index in [0.717, 1.165) is 0 Å². The molecule has 1 saturated heterocycles. The van der Waals surface area contributed by atoms with E-state index in [1.54, 1.807) is 29.2 Å². The number of hydrogen-bond donors (Lipinski definition) is 1. The van der Waals surface area contributed by atoms with Crippen LogP contribution >= 0.6 is 11.6 Å². The summed E-state index contributed by atoms with van der Waals surface area (Å²) in [6.07, 6.45) is 0.549. The van der Waals surface area contributed by atoms with E-state index in [2.05, 4.69) is 5.32 Å². The second kappa shape index (κ2) is 8.39. The number of nitrogens with one attached hydrogen (secondary N) is 1. The van der Waals surface area contributed by atoms with Gasteiger partial charge in [-0.25, -0.2) is 4.39 Å². The lowest BCUT2D eigenvalue weighted by Gasteiger charge is -2.21. The van der Waals surface area contributed by atoms with Crippen molar-refractivity contribution < 1.29 is 23.5 Å². The third kappa shape index (κ3) is 4.21. The van der Waals surface area contributed by atoms with Gasteiger partial charge >= 0.3 is 0 Å². The van der Waals surface area contributed by atoms with Crippen LogP contribution in [0.2, 0.25) is 5.02 Å². The number of nitrogens with zero attached hydrogens (tertiary/aromatic N) is 1. The number of fused-ring (bicyclic) bond motifs is 1. The fraction of sp³-hybridized carbons (Fsp3) is 0.333. The van der Waals surface area contributed by atoms with Crippen molar-refractivity contribution in [2.75, 3.05) is 24.8 Å². The van der Waals surface area contributed by atoms with Crippen LogP contribution in [0.1, 0.15) is 17.5 Å². The number of rotatable bonds is 5. The van der Waals surface area contributed by atoms with Crippen LogP contribution in [0.3, 0.4) is 0 Å². The van der Waals surface area contributed by atoms with Gasteiger partial charge in [-0.1, -0.05) is 23.7 Å². The predicted molar refractivity (Wildman–Crippen MR) is 105 cm³/mol. The number of para-hydroxylation sites is 1. The molecule has 1 N–H and O–H groups in total. The number of ether oxygens (including phenoxy) is 2. The Morgan fingerprint density at radius 3 is 2.97 bits per heavy atom. The average molecular weight is 419 g/mol. The maximum atomic E-state index is 13.8. The van der Waals surface area contributed by atoms with Gasteiger partial charge in [0, 0.05) is 25.1 Å². The predicted octanol–water partition coefficient (Wildman–Crippen LogP) is 3.06. The second-order valence-electron chi connectivity index (χ2n) is 7.06. The van der Waals surface area contributed by atoms with Gasteiger partial charge in [-0.2, -0.15) is 0 Å². The lowest BCUT2D eigenvalue weighted by Crippen LogP contribution is -2.34. The number of benzene rings is 2. The van der Waals surface area contributed by atoms with Crippen molar-refractivity contribution in [3.63, 3.8) is 0 Å². The quantitative estimate of drug-likeness (QED) is 0.810. The highest BCUT2D eigenvalue weighted by Gasteiger charge is 2.35. The highest BCUT2D eigenvalue weighted by atomic mass is 35.5. The third-order valence-corrected chi connectivity index (χ3v) is 5.40. The molecule has 2 heterocycles. The number of hydrogen-bond acceptors (Lipinski definition) is 4. The fourth-order valence-electron chi connectivity index (χ4n) is 3.69. The zero-order chi connectivity index (χ0) is 20.4. The molecule has 4 rings (SSSR count). The van der Waals surface area contributed by atoms with Gasteiger partial charge in [0.05, 0.1) is 23.2 Å². The summed E-state index contributed by atoms with van der Waals surface area (Å²) in [5, 5.41) is 3.32. The minimum absolute atomic E-state index is 0.125. The van der Waals surface area contributed by atoms with Crippen LogP contribution in [-0.4, -0.2) is 31.7 Å². The molecule has 1 fully saturated rings. The van der Waals surface area contributed by atoms with Crippen LogP contribution in [0.25, 0.3) is 0 Å². The second-order valence-corrected chi connectivity index (χ2v) is 7.47. The van der Waals surface area contributed by atoms with Crippen molar-refractivity contribution in [3.05, 3.63) is 58.4 Å². The molecule has 8 heteroatoms. The van der Waals surface area contributed by atoms with Crippen LogP contribution in [0.5, 0.6) is 5.75 Å². The van der Waals surface area contributed by atoms with E-state index in [0.29, 0.717) is 47.2 Å². The van der Waals surface area contributed by atoms with E-state index in [-0.39, 0.29) is 37.4 Å². The molecule has 0 spiro atoms. The molecule has 2 aromatic carbocycles. The summed E-state index contributed by atoms with van der Waals surface area (Å²) in [4.78, 5) is 26.4. The molecular weight excluding hydrogens is 399 g/mol. The molecule has 0 aromatic heterocycles. The molecule has 2 amide bonds. The zero-order valence-corrected chi connectivity index (χ0v) is 16.4. The molecule has 29 heavy (non-hydrogen) atoms. The molecule has 0 aliphatic carbocycles.